The molecule has 3 aromatic rings. The van der Waals surface area contributed by atoms with Crippen LogP contribution in [0.15, 0.2) is 78.9 Å². The SMILES string of the molecule is CC(C)C1C2CC3CC1[C@](CCOc1ccc(C(O)(c4ccccc4)c4ccc(N(C)C)cc4)cc1)(C2)C[C@@H]3C. The summed E-state index contributed by atoms with van der Waals surface area (Å²) in [5.41, 5.74) is 2.89. The summed E-state index contributed by atoms with van der Waals surface area (Å²) >= 11 is 0. The van der Waals surface area contributed by atoms with Crippen LogP contribution >= 0.6 is 0 Å². The first-order valence-corrected chi connectivity index (χ1v) is 15.5. The molecule has 212 valence electrons. The number of hydrogen-bond donors (Lipinski definition) is 1. The molecule has 40 heavy (non-hydrogen) atoms. The zero-order valence-corrected chi connectivity index (χ0v) is 25.0. The molecule has 3 aliphatic carbocycles. The van der Waals surface area contributed by atoms with Gasteiger partial charge in [0, 0.05) is 19.8 Å². The van der Waals surface area contributed by atoms with Gasteiger partial charge in [0.15, 0.2) is 0 Å². The Morgan fingerprint density at radius 1 is 0.850 bits per heavy atom. The summed E-state index contributed by atoms with van der Waals surface area (Å²) in [5, 5.41) is 12.3. The first kappa shape index (κ1) is 27.4. The van der Waals surface area contributed by atoms with Gasteiger partial charge in [-0.25, -0.2) is 0 Å². The van der Waals surface area contributed by atoms with E-state index in [1.807, 2.05) is 80.8 Å². The largest absolute Gasteiger partial charge is 0.494 e. The van der Waals surface area contributed by atoms with Crippen molar-refractivity contribution in [1.29, 1.82) is 0 Å². The van der Waals surface area contributed by atoms with Crippen LogP contribution in [0.25, 0.3) is 0 Å². The van der Waals surface area contributed by atoms with Gasteiger partial charge in [0.1, 0.15) is 11.4 Å². The first-order valence-electron chi connectivity index (χ1n) is 15.5. The summed E-state index contributed by atoms with van der Waals surface area (Å²) in [6.45, 7) is 8.20. The normalized spacial score (nSPS) is 30.3. The number of anilines is 1. The molecule has 6 rings (SSSR count). The van der Waals surface area contributed by atoms with E-state index in [9.17, 15) is 5.11 Å². The molecule has 3 fully saturated rings. The minimum Gasteiger partial charge on any atom is -0.494 e. The van der Waals surface area contributed by atoms with Crippen molar-refractivity contribution in [2.24, 2.45) is 40.9 Å². The lowest BCUT2D eigenvalue weighted by molar-refractivity contribution is -0.0132. The summed E-state index contributed by atoms with van der Waals surface area (Å²) in [6.07, 6.45) is 6.89. The predicted molar refractivity (Wildman–Crippen MR) is 165 cm³/mol. The second-order valence-electron chi connectivity index (χ2n) is 13.8. The number of fused-ring (bicyclic) bond motifs is 2. The minimum atomic E-state index is -1.24. The van der Waals surface area contributed by atoms with Gasteiger partial charge in [-0.2, -0.15) is 0 Å². The summed E-state index contributed by atoms with van der Waals surface area (Å²) in [4.78, 5) is 2.07. The van der Waals surface area contributed by atoms with Gasteiger partial charge >= 0.3 is 0 Å². The molecule has 7 atom stereocenters. The molecule has 1 N–H and O–H groups in total. The van der Waals surface area contributed by atoms with Gasteiger partial charge in [-0.05, 0) is 114 Å². The van der Waals surface area contributed by atoms with Crippen LogP contribution < -0.4 is 9.64 Å². The Balaban J connectivity index is 1.20. The summed E-state index contributed by atoms with van der Waals surface area (Å²) < 4.78 is 6.43. The lowest BCUT2D eigenvalue weighted by Crippen LogP contribution is -2.43. The van der Waals surface area contributed by atoms with E-state index in [0.717, 1.165) is 70.2 Å². The Hall–Kier alpha value is -2.78. The quantitative estimate of drug-likeness (QED) is 0.280. The maximum Gasteiger partial charge on any atom is 0.140 e. The van der Waals surface area contributed by atoms with E-state index in [4.69, 9.17) is 4.74 Å². The summed E-state index contributed by atoms with van der Waals surface area (Å²) in [7, 11) is 4.06. The molecule has 3 bridgehead atoms. The van der Waals surface area contributed by atoms with E-state index >= 15 is 0 Å². The zero-order valence-electron chi connectivity index (χ0n) is 25.0. The van der Waals surface area contributed by atoms with Crippen molar-refractivity contribution in [1.82, 2.24) is 0 Å². The highest BCUT2D eigenvalue weighted by Crippen LogP contribution is 2.68. The summed E-state index contributed by atoms with van der Waals surface area (Å²) in [5.74, 6) is 6.22. The van der Waals surface area contributed by atoms with Gasteiger partial charge in [-0.3, -0.25) is 0 Å². The van der Waals surface area contributed by atoms with E-state index in [1.54, 1.807) is 0 Å². The number of nitrogens with zero attached hydrogens (tertiary/aromatic N) is 1. The molecule has 0 radical (unpaired) electrons. The third-order valence-electron chi connectivity index (χ3n) is 11.1. The molecule has 0 spiro atoms. The Bertz CT molecular complexity index is 1280. The van der Waals surface area contributed by atoms with Crippen LogP contribution in [0.1, 0.15) is 69.6 Å². The van der Waals surface area contributed by atoms with Crippen molar-refractivity contribution in [3.05, 3.63) is 95.6 Å². The Labute approximate surface area is 241 Å². The second kappa shape index (κ2) is 10.6. The second-order valence-corrected chi connectivity index (χ2v) is 13.8. The van der Waals surface area contributed by atoms with E-state index in [-0.39, 0.29) is 0 Å². The smallest absolute Gasteiger partial charge is 0.140 e. The summed E-state index contributed by atoms with van der Waals surface area (Å²) in [6, 6.07) is 26.3. The number of benzene rings is 3. The molecule has 0 amide bonds. The third kappa shape index (κ3) is 4.65. The molecule has 5 unspecified atom stereocenters. The highest BCUT2D eigenvalue weighted by Gasteiger charge is 2.60. The molecule has 3 aromatic carbocycles. The van der Waals surface area contributed by atoms with Crippen molar-refractivity contribution >= 4 is 5.69 Å². The van der Waals surface area contributed by atoms with Crippen LogP contribution in [0.2, 0.25) is 0 Å². The van der Waals surface area contributed by atoms with Gasteiger partial charge in [-0.15, -0.1) is 0 Å². The molecule has 3 nitrogen and oxygen atoms in total. The van der Waals surface area contributed by atoms with Gasteiger partial charge in [-0.1, -0.05) is 75.4 Å². The fraction of sp³-hybridized carbons (Fsp3) is 0.514. The molecule has 3 aliphatic rings. The van der Waals surface area contributed by atoms with E-state index in [1.165, 1.54) is 32.1 Å². The maximum absolute atomic E-state index is 12.3. The highest BCUT2D eigenvalue weighted by atomic mass is 16.5. The Morgan fingerprint density at radius 2 is 1.48 bits per heavy atom. The molecule has 0 aliphatic heterocycles. The lowest BCUT2D eigenvalue weighted by atomic mass is 9.55. The fourth-order valence-corrected chi connectivity index (χ4v) is 9.26. The molecule has 0 heterocycles. The van der Waals surface area contributed by atoms with E-state index < -0.39 is 5.60 Å². The Kier molecular flexibility index (Phi) is 7.23. The molecule has 3 heteroatoms. The van der Waals surface area contributed by atoms with E-state index in [0.29, 0.717) is 5.41 Å². The number of hydrogen-bond acceptors (Lipinski definition) is 3. The van der Waals surface area contributed by atoms with Gasteiger partial charge in [0.05, 0.1) is 6.61 Å². The van der Waals surface area contributed by atoms with Crippen molar-refractivity contribution in [3.8, 4) is 5.75 Å². The number of ether oxygens (including phenoxy) is 1. The first-order chi connectivity index (χ1) is 19.2. The van der Waals surface area contributed by atoms with Crippen LogP contribution in [0.5, 0.6) is 5.75 Å². The lowest BCUT2D eigenvalue weighted by Gasteiger charge is -2.50. The van der Waals surface area contributed by atoms with Gasteiger partial charge in [0.2, 0.25) is 0 Å². The molecule has 3 saturated carbocycles. The predicted octanol–water partition coefficient (Wildman–Crippen LogP) is 8.15. The molecular formula is C37H47NO2. The standard InChI is InChI=1S/C37H47NO2/c1-25(2)35-28-21-27-22-34(35)36(24-28,23-26(27)3)19-20-40-33-17-13-31(14-18-33)37(39,29-9-7-6-8-10-29)30-11-15-32(16-12-30)38(4)5/h6-18,25-28,34-35,39H,19-24H2,1-5H3/t26-,27?,28?,34?,35?,36-,37?/m0/s1. The van der Waals surface area contributed by atoms with Crippen molar-refractivity contribution < 1.29 is 9.84 Å². The van der Waals surface area contributed by atoms with E-state index in [2.05, 4.69) is 37.8 Å². The minimum absolute atomic E-state index is 0.470. The zero-order chi connectivity index (χ0) is 28.1. The monoisotopic (exact) mass is 537 g/mol. The van der Waals surface area contributed by atoms with Crippen LogP contribution in [0.4, 0.5) is 5.69 Å². The maximum atomic E-state index is 12.3. The van der Waals surface area contributed by atoms with Crippen molar-refractivity contribution in [3.63, 3.8) is 0 Å². The Morgan fingerprint density at radius 3 is 2.10 bits per heavy atom. The number of aliphatic hydroxyl groups is 1. The van der Waals surface area contributed by atoms with Gasteiger partial charge in [0.25, 0.3) is 0 Å². The van der Waals surface area contributed by atoms with Crippen LogP contribution in [-0.2, 0) is 5.60 Å². The van der Waals surface area contributed by atoms with Crippen LogP contribution in [-0.4, -0.2) is 25.8 Å². The van der Waals surface area contributed by atoms with Gasteiger partial charge < -0.3 is 14.7 Å². The van der Waals surface area contributed by atoms with Crippen LogP contribution in [0, 0.1) is 40.9 Å². The average Bonchev–Trinajstić information content (AvgIpc) is 3.08. The van der Waals surface area contributed by atoms with Crippen molar-refractivity contribution in [2.75, 3.05) is 25.6 Å². The fourth-order valence-electron chi connectivity index (χ4n) is 9.26. The number of rotatable bonds is 9. The molecule has 0 saturated heterocycles. The molecular weight excluding hydrogens is 490 g/mol. The third-order valence-corrected chi connectivity index (χ3v) is 11.1. The highest BCUT2D eigenvalue weighted by molar-refractivity contribution is 5.53. The molecule has 0 aromatic heterocycles. The van der Waals surface area contributed by atoms with Crippen LogP contribution in [0.3, 0.4) is 0 Å². The average molecular weight is 538 g/mol. The topological polar surface area (TPSA) is 32.7 Å². The van der Waals surface area contributed by atoms with Crippen molar-refractivity contribution in [2.45, 2.75) is 58.5 Å².